The zero-order valence-electron chi connectivity index (χ0n) is 14.6. The molecule has 5 heteroatoms. The third kappa shape index (κ3) is 3.72. The first-order chi connectivity index (χ1) is 12.2. The summed E-state index contributed by atoms with van der Waals surface area (Å²) in [5, 5.41) is 11.5. The van der Waals surface area contributed by atoms with E-state index in [9.17, 15) is 9.90 Å². The average Bonchev–Trinajstić information content (AvgIpc) is 3.33. The third-order valence-corrected chi connectivity index (χ3v) is 5.95. The molecule has 134 valence electrons. The van der Waals surface area contributed by atoms with Gasteiger partial charge in [0.1, 0.15) is 5.75 Å². The molecule has 25 heavy (non-hydrogen) atoms. The lowest BCUT2D eigenvalue weighted by molar-refractivity contribution is -0.138. The number of hydrogen-bond donors (Lipinski definition) is 1. The van der Waals surface area contributed by atoms with Crippen molar-refractivity contribution >= 4 is 17.2 Å². The Morgan fingerprint density at radius 2 is 1.96 bits per heavy atom. The van der Waals surface area contributed by atoms with Crippen molar-refractivity contribution in [3.8, 4) is 5.75 Å². The number of carbonyl (C=O) groups excluding carboxylic acids is 1. The van der Waals surface area contributed by atoms with Gasteiger partial charge in [0.25, 0.3) is 0 Å². The Balaban J connectivity index is 1.89. The molecule has 1 saturated carbocycles. The average molecular weight is 359 g/mol. The van der Waals surface area contributed by atoms with E-state index in [-0.39, 0.29) is 12.5 Å². The maximum absolute atomic E-state index is 13.5. The molecule has 1 heterocycles. The van der Waals surface area contributed by atoms with Gasteiger partial charge in [-0.25, -0.2) is 0 Å². The van der Waals surface area contributed by atoms with E-state index in [1.165, 1.54) is 0 Å². The predicted octanol–water partition coefficient (Wildman–Crippen LogP) is 3.59. The van der Waals surface area contributed by atoms with Crippen molar-refractivity contribution in [3.63, 3.8) is 0 Å². The van der Waals surface area contributed by atoms with E-state index in [0.29, 0.717) is 13.1 Å². The van der Waals surface area contributed by atoms with Crippen LogP contribution in [-0.4, -0.2) is 36.2 Å². The summed E-state index contributed by atoms with van der Waals surface area (Å²) in [7, 11) is 1.65. The van der Waals surface area contributed by atoms with Crippen molar-refractivity contribution in [2.24, 2.45) is 0 Å². The number of aliphatic hydroxyl groups is 1. The fourth-order valence-electron chi connectivity index (χ4n) is 3.78. The predicted molar refractivity (Wildman–Crippen MR) is 100.0 cm³/mol. The first kappa shape index (κ1) is 18.0. The van der Waals surface area contributed by atoms with Gasteiger partial charge >= 0.3 is 0 Å². The number of carbonyl (C=O) groups is 1. The number of ether oxygens (including phenoxy) is 1. The molecule has 1 aromatic heterocycles. The third-order valence-electron chi connectivity index (χ3n) is 5.09. The molecule has 2 aromatic rings. The Morgan fingerprint density at radius 1 is 1.24 bits per heavy atom. The van der Waals surface area contributed by atoms with E-state index in [0.717, 1.165) is 41.9 Å². The molecule has 0 atom stereocenters. The summed E-state index contributed by atoms with van der Waals surface area (Å²) in [6, 6.07) is 11.9. The molecular weight excluding hydrogens is 334 g/mol. The molecule has 0 spiro atoms. The van der Waals surface area contributed by atoms with Crippen LogP contribution in [0, 0.1) is 0 Å². The van der Waals surface area contributed by atoms with Crippen LogP contribution in [0.4, 0.5) is 0 Å². The van der Waals surface area contributed by atoms with Crippen LogP contribution < -0.4 is 4.74 Å². The second-order valence-corrected chi connectivity index (χ2v) is 7.58. The minimum absolute atomic E-state index is 0.0180. The highest BCUT2D eigenvalue weighted by atomic mass is 32.1. The maximum Gasteiger partial charge on any atom is 0.233 e. The molecule has 1 aliphatic rings. The molecule has 1 N–H and O–H groups in total. The summed E-state index contributed by atoms with van der Waals surface area (Å²) in [5.41, 5.74) is 0.587. The number of hydrogen-bond acceptors (Lipinski definition) is 4. The van der Waals surface area contributed by atoms with Crippen LogP contribution >= 0.6 is 11.3 Å². The molecule has 0 radical (unpaired) electrons. The topological polar surface area (TPSA) is 49.8 Å². The maximum atomic E-state index is 13.5. The molecule has 3 rings (SSSR count). The van der Waals surface area contributed by atoms with Crippen LogP contribution in [0.3, 0.4) is 0 Å². The van der Waals surface area contributed by atoms with Gasteiger partial charge in [0.15, 0.2) is 0 Å². The second-order valence-electron chi connectivity index (χ2n) is 6.55. The number of rotatable bonds is 7. The van der Waals surface area contributed by atoms with Crippen LogP contribution in [0.25, 0.3) is 0 Å². The first-order valence-electron chi connectivity index (χ1n) is 8.77. The van der Waals surface area contributed by atoms with Crippen molar-refractivity contribution in [3.05, 3.63) is 52.2 Å². The molecule has 0 unspecified atom stereocenters. The highest BCUT2D eigenvalue weighted by molar-refractivity contribution is 7.09. The summed E-state index contributed by atoms with van der Waals surface area (Å²) in [6.07, 6.45) is 3.85. The SMILES string of the molecule is COc1ccc(C2(C(=O)N(CCO)Cc3cccs3)CCCC2)cc1. The van der Waals surface area contributed by atoms with Crippen molar-refractivity contribution in [2.75, 3.05) is 20.3 Å². The summed E-state index contributed by atoms with van der Waals surface area (Å²) >= 11 is 1.64. The highest BCUT2D eigenvalue weighted by Crippen LogP contribution is 2.43. The largest absolute Gasteiger partial charge is 0.497 e. The van der Waals surface area contributed by atoms with E-state index in [4.69, 9.17) is 4.74 Å². The molecule has 0 aliphatic heterocycles. The van der Waals surface area contributed by atoms with E-state index in [1.54, 1.807) is 18.4 Å². The molecule has 1 aliphatic carbocycles. The van der Waals surface area contributed by atoms with E-state index < -0.39 is 5.41 Å². The minimum Gasteiger partial charge on any atom is -0.497 e. The van der Waals surface area contributed by atoms with E-state index >= 15 is 0 Å². The van der Waals surface area contributed by atoms with E-state index in [2.05, 4.69) is 0 Å². The van der Waals surface area contributed by atoms with Crippen molar-refractivity contribution < 1.29 is 14.6 Å². The van der Waals surface area contributed by atoms with Gasteiger partial charge in [0, 0.05) is 11.4 Å². The Hall–Kier alpha value is -1.85. The lowest BCUT2D eigenvalue weighted by Gasteiger charge is -2.34. The van der Waals surface area contributed by atoms with Gasteiger partial charge in [-0.05, 0) is 42.0 Å². The van der Waals surface area contributed by atoms with Crippen LogP contribution in [-0.2, 0) is 16.8 Å². The van der Waals surface area contributed by atoms with Gasteiger partial charge in [-0.1, -0.05) is 31.0 Å². The number of aliphatic hydroxyl groups excluding tert-OH is 1. The van der Waals surface area contributed by atoms with Gasteiger partial charge in [-0.2, -0.15) is 0 Å². The summed E-state index contributed by atoms with van der Waals surface area (Å²) < 4.78 is 5.25. The van der Waals surface area contributed by atoms with Gasteiger partial charge in [-0.3, -0.25) is 4.79 Å². The molecule has 1 aromatic carbocycles. The van der Waals surface area contributed by atoms with Gasteiger partial charge in [0.2, 0.25) is 5.91 Å². The quantitative estimate of drug-likeness (QED) is 0.822. The number of amides is 1. The molecular formula is C20H25NO3S. The summed E-state index contributed by atoms with van der Waals surface area (Å²) in [6.45, 7) is 0.916. The van der Waals surface area contributed by atoms with Crippen molar-refractivity contribution in [1.29, 1.82) is 0 Å². The number of thiophene rings is 1. The Labute approximate surface area is 153 Å². The van der Waals surface area contributed by atoms with Gasteiger partial charge in [0.05, 0.1) is 25.7 Å². The highest BCUT2D eigenvalue weighted by Gasteiger charge is 2.44. The zero-order chi connectivity index (χ0) is 17.7. The lowest BCUT2D eigenvalue weighted by Crippen LogP contribution is -2.46. The fourth-order valence-corrected chi connectivity index (χ4v) is 4.50. The molecule has 4 nitrogen and oxygen atoms in total. The Morgan fingerprint density at radius 3 is 2.52 bits per heavy atom. The Bertz CT molecular complexity index is 675. The smallest absolute Gasteiger partial charge is 0.233 e. The van der Waals surface area contributed by atoms with Crippen LogP contribution in [0.1, 0.15) is 36.1 Å². The number of nitrogens with zero attached hydrogens (tertiary/aromatic N) is 1. The molecule has 1 fully saturated rings. The van der Waals surface area contributed by atoms with Crippen molar-refractivity contribution in [2.45, 2.75) is 37.6 Å². The fraction of sp³-hybridized carbons (Fsp3) is 0.450. The van der Waals surface area contributed by atoms with Crippen molar-refractivity contribution in [1.82, 2.24) is 4.90 Å². The van der Waals surface area contributed by atoms with E-state index in [1.807, 2.05) is 46.7 Å². The molecule has 0 saturated heterocycles. The zero-order valence-corrected chi connectivity index (χ0v) is 15.4. The normalized spacial score (nSPS) is 15.9. The number of benzene rings is 1. The Kier molecular flexibility index (Phi) is 5.76. The molecule has 0 bridgehead atoms. The van der Waals surface area contributed by atoms with Gasteiger partial charge < -0.3 is 14.7 Å². The van der Waals surface area contributed by atoms with Crippen LogP contribution in [0.5, 0.6) is 5.75 Å². The van der Waals surface area contributed by atoms with Gasteiger partial charge in [-0.15, -0.1) is 11.3 Å². The van der Waals surface area contributed by atoms with Crippen LogP contribution in [0.2, 0.25) is 0 Å². The van der Waals surface area contributed by atoms with Crippen LogP contribution in [0.15, 0.2) is 41.8 Å². The number of methoxy groups -OCH3 is 1. The summed E-state index contributed by atoms with van der Waals surface area (Å²) in [5.74, 6) is 0.938. The first-order valence-corrected chi connectivity index (χ1v) is 9.65. The lowest BCUT2D eigenvalue weighted by atomic mass is 9.77. The second kappa shape index (κ2) is 8.02. The standard InChI is InChI=1S/C20H25NO3S/c1-24-17-8-6-16(7-9-17)20(10-2-3-11-20)19(23)21(12-13-22)15-18-5-4-14-25-18/h4-9,14,22H,2-3,10-13,15H2,1H3. The molecule has 1 amide bonds. The summed E-state index contributed by atoms with van der Waals surface area (Å²) in [4.78, 5) is 16.5. The minimum atomic E-state index is -0.474. The monoisotopic (exact) mass is 359 g/mol.